The summed E-state index contributed by atoms with van der Waals surface area (Å²) in [6, 6.07) is 9.99. The minimum Gasteiger partial charge on any atom is -0.364 e. The van der Waals surface area contributed by atoms with Crippen molar-refractivity contribution in [2.75, 3.05) is 32.0 Å². The summed E-state index contributed by atoms with van der Waals surface area (Å²) < 4.78 is 14.7. The number of likely N-dealkylation sites (tertiary alicyclic amines) is 1. The molecule has 9 nitrogen and oxygen atoms in total. The predicted octanol–water partition coefficient (Wildman–Crippen LogP) is 3.09. The number of carbonyl (C=O) groups is 3. The Kier molecular flexibility index (Phi) is 7.66. The molecule has 0 spiro atoms. The van der Waals surface area contributed by atoms with Crippen molar-refractivity contribution < 1.29 is 18.8 Å². The van der Waals surface area contributed by atoms with E-state index in [0.29, 0.717) is 23.8 Å². The lowest BCUT2D eigenvalue weighted by Crippen LogP contribution is -2.37. The molecule has 2 aromatic carbocycles. The van der Waals surface area contributed by atoms with Crippen LogP contribution in [0, 0.1) is 11.7 Å². The molecule has 4 rings (SSSR count). The summed E-state index contributed by atoms with van der Waals surface area (Å²) in [7, 11) is 2.07. The summed E-state index contributed by atoms with van der Waals surface area (Å²) in [5.41, 5.74) is 6.60. The van der Waals surface area contributed by atoms with Gasteiger partial charge in [0.2, 0.25) is 0 Å². The monoisotopic (exact) mass is 512 g/mol. The van der Waals surface area contributed by atoms with E-state index in [1.165, 1.54) is 17.0 Å². The van der Waals surface area contributed by atoms with E-state index in [0.717, 1.165) is 38.1 Å². The van der Waals surface area contributed by atoms with Crippen molar-refractivity contribution in [2.24, 2.45) is 11.7 Å². The van der Waals surface area contributed by atoms with Crippen LogP contribution in [0.1, 0.15) is 44.2 Å². The number of nitrogens with two attached hydrogens (primary N) is 1. The van der Waals surface area contributed by atoms with Crippen LogP contribution in [0.15, 0.2) is 48.8 Å². The highest BCUT2D eigenvalue weighted by Gasteiger charge is 2.24. The average Bonchev–Trinajstić information content (AvgIpc) is 3.29. The molecule has 1 aliphatic heterocycles. The zero-order chi connectivity index (χ0) is 25.8. The first-order valence-electron chi connectivity index (χ1n) is 11.4. The second kappa shape index (κ2) is 10.9. The van der Waals surface area contributed by atoms with Crippen molar-refractivity contribution in [2.45, 2.75) is 12.8 Å². The largest absolute Gasteiger partial charge is 0.364 e. The highest BCUT2D eigenvalue weighted by atomic mass is 35.5. The molecule has 1 aromatic heterocycles. The normalized spacial score (nSPS) is 14.4. The van der Waals surface area contributed by atoms with Crippen LogP contribution < -0.4 is 16.4 Å². The standard InChI is InChI=1S/C25H26ClFN6O3/c1-32-10-8-15(9-11-32)13-29-25(36)21-22(23(28)34)33(14-30-21)18-5-3-17(4-6-18)31-24(35)19-7-2-16(27)12-20(19)26/h2-7,12,14-15H,8-11,13H2,1H3,(H2,28,34)(H,29,36)(H,31,35). The molecule has 1 saturated heterocycles. The fourth-order valence-corrected chi connectivity index (χ4v) is 4.36. The Morgan fingerprint density at radius 3 is 2.44 bits per heavy atom. The smallest absolute Gasteiger partial charge is 0.272 e. The first-order valence-corrected chi connectivity index (χ1v) is 11.8. The molecule has 1 aliphatic rings. The molecule has 2 heterocycles. The maximum Gasteiger partial charge on any atom is 0.272 e. The van der Waals surface area contributed by atoms with Gasteiger partial charge in [0.25, 0.3) is 17.7 Å². The minimum absolute atomic E-state index is 0.00438. The molecular weight excluding hydrogens is 487 g/mol. The Hall–Kier alpha value is -3.76. The molecule has 0 unspecified atom stereocenters. The van der Waals surface area contributed by atoms with Crippen molar-refractivity contribution in [3.05, 3.63) is 76.6 Å². The SMILES string of the molecule is CN1CCC(CNC(=O)c2ncn(-c3ccc(NC(=O)c4ccc(F)cc4Cl)cc3)c2C(N)=O)CC1. The molecule has 0 atom stereocenters. The van der Waals surface area contributed by atoms with Gasteiger partial charge in [0.05, 0.1) is 10.6 Å². The van der Waals surface area contributed by atoms with Gasteiger partial charge in [-0.05, 0) is 81.4 Å². The van der Waals surface area contributed by atoms with Crippen LogP contribution in [0.4, 0.5) is 10.1 Å². The van der Waals surface area contributed by atoms with E-state index in [2.05, 4.69) is 27.6 Å². The number of rotatable bonds is 7. The number of halogens is 2. The Morgan fingerprint density at radius 1 is 1.11 bits per heavy atom. The zero-order valence-electron chi connectivity index (χ0n) is 19.6. The van der Waals surface area contributed by atoms with E-state index in [-0.39, 0.29) is 22.0 Å². The van der Waals surface area contributed by atoms with Gasteiger partial charge in [0, 0.05) is 17.9 Å². The van der Waals surface area contributed by atoms with Gasteiger partial charge in [-0.15, -0.1) is 0 Å². The second-order valence-electron chi connectivity index (χ2n) is 8.76. The van der Waals surface area contributed by atoms with Crippen molar-refractivity contribution in [1.82, 2.24) is 19.8 Å². The lowest BCUT2D eigenvalue weighted by Gasteiger charge is -2.28. The zero-order valence-corrected chi connectivity index (χ0v) is 20.4. The van der Waals surface area contributed by atoms with Gasteiger partial charge in [-0.25, -0.2) is 9.37 Å². The predicted molar refractivity (Wildman–Crippen MR) is 134 cm³/mol. The maximum atomic E-state index is 13.2. The van der Waals surface area contributed by atoms with E-state index in [1.54, 1.807) is 24.3 Å². The molecule has 3 aromatic rings. The van der Waals surface area contributed by atoms with Gasteiger partial charge >= 0.3 is 0 Å². The lowest BCUT2D eigenvalue weighted by molar-refractivity contribution is 0.0918. The number of imidazole rings is 1. The molecule has 11 heteroatoms. The fraction of sp³-hybridized carbons (Fsp3) is 0.280. The third kappa shape index (κ3) is 5.72. The number of hydrogen-bond donors (Lipinski definition) is 3. The molecule has 0 saturated carbocycles. The number of nitrogens with one attached hydrogen (secondary N) is 2. The number of primary amides is 1. The number of carbonyl (C=O) groups excluding carboxylic acids is 3. The quantitative estimate of drug-likeness (QED) is 0.449. The number of aromatic nitrogens is 2. The number of anilines is 1. The number of hydrogen-bond acceptors (Lipinski definition) is 5. The third-order valence-electron chi connectivity index (χ3n) is 6.18. The van der Waals surface area contributed by atoms with Gasteiger partial charge in [-0.2, -0.15) is 0 Å². The van der Waals surface area contributed by atoms with Crippen LogP contribution in [0.5, 0.6) is 0 Å². The summed E-state index contributed by atoms with van der Waals surface area (Å²) in [4.78, 5) is 43.9. The Morgan fingerprint density at radius 2 is 1.81 bits per heavy atom. The summed E-state index contributed by atoms with van der Waals surface area (Å²) in [5, 5.41) is 5.55. The van der Waals surface area contributed by atoms with Crippen molar-refractivity contribution in [1.29, 1.82) is 0 Å². The Bertz CT molecular complexity index is 1290. The first-order chi connectivity index (χ1) is 17.2. The number of nitrogens with zero attached hydrogens (tertiary/aromatic N) is 3. The summed E-state index contributed by atoms with van der Waals surface area (Å²) in [6.45, 7) is 2.47. The van der Waals surface area contributed by atoms with Crippen LogP contribution in [0.25, 0.3) is 5.69 Å². The van der Waals surface area contributed by atoms with Crippen molar-refractivity contribution in [3.63, 3.8) is 0 Å². The second-order valence-corrected chi connectivity index (χ2v) is 9.17. The third-order valence-corrected chi connectivity index (χ3v) is 6.50. The molecule has 36 heavy (non-hydrogen) atoms. The Balaban J connectivity index is 1.46. The van der Waals surface area contributed by atoms with Gasteiger partial charge in [0.15, 0.2) is 5.69 Å². The topological polar surface area (TPSA) is 122 Å². The summed E-state index contributed by atoms with van der Waals surface area (Å²) in [5.74, 6) is -1.92. The van der Waals surface area contributed by atoms with Crippen LogP contribution in [-0.2, 0) is 0 Å². The van der Waals surface area contributed by atoms with Crippen LogP contribution >= 0.6 is 11.6 Å². The first kappa shape index (κ1) is 25.3. The van der Waals surface area contributed by atoms with E-state index < -0.39 is 23.5 Å². The van der Waals surface area contributed by atoms with E-state index in [9.17, 15) is 18.8 Å². The lowest BCUT2D eigenvalue weighted by atomic mass is 9.97. The van der Waals surface area contributed by atoms with Crippen molar-refractivity contribution in [3.8, 4) is 5.69 Å². The van der Waals surface area contributed by atoms with E-state index >= 15 is 0 Å². The van der Waals surface area contributed by atoms with Crippen LogP contribution in [0.3, 0.4) is 0 Å². The fourth-order valence-electron chi connectivity index (χ4n) is 4.11. The van der Waals surface area contributed by atoms with Gasteiger partial charge < -0.3 is 21.3 Å². The van der Waals surface area contributed by atoms with E-state index in [4.69, 9.17) is 17.3 Å². The maximum absolute atomic E-state index is 13.2. The van der Waals surface area contributed by atoms with E-state index in [1.807, 2.05) is 0 Å². The number of benzene rings is 2. The molecule has 3 amide bonds. The number of amides is 3. The molecule has 0 bridgehead atoms. The molecule has 1 fully saturated rings. The highest BCUT2D eigenvalue weighted by molar-refractivity contribution is 6.34. The molecule has 0 aliphatic carbocycles. The van der Waals surface area contributed by atoms with Crippen LogP contribution in [0.2, 0.25) is 5.02 Å². The van der Waals surface area contributed by atoms with Gasteiger partial charge in [-0.3, -0.25) is 19.0 Å². The summed E-state index contributed by atoms with van der Waals surface area (Å²) in [6.07, 6.45) is 3.34. The molecule has 188 valence electrons. The van der Waals surface area contributed by atoms with Crippen molar-refractivity contribution >= 4 is 35.0 Å². The molecular formula is C25H26ClFN6O3. The molecule has 0 radical (unpaired) electrons. The Labute approximate surface area is 212 Å². The highest BCUT2D eigenvalue weighted by Crippen LogP contribution is 2.21. The summed E-state index contributed by atoms with van der Waals surface area (Å²) >= 11 is 5.95. The molecule has 4 N–H and O–H groups in total. The minimum atomic E-state index is -0.791. The number of piperidine rings is 1. The average molecular weight is 513 g/mol. The van der Waals surface area contributed by atoms with Crippen LogP contribution in [-0.4, -0.2) is 58.9 Å². The van der Waals surface area contributed by atoms with Gasteiger partial charge in [-0.1, -0.05) is 11.6 Å². The van der Waals surface area contributed by atoms with Gasteiger partial charge in [0.1, 0.15) is 17.8 Å².